The highest BCUT2D eigenvalue weighted by atomic mass is 16.2. The summed E-state index contributed by atoms with van der Waals surface area (Å²) in [4.78, 5) is 24.1. The lowest BCUT2D eigenvalue weighted by Crippen LogP contribution is -2.23. The van der Waals surface area contributed by atoms with Crippen LogP contribution in [0.3, 0.4) is 0 Å². The van der Waals surface area contributed by atoms with Gasteiger partial charge in [-0.3, -0.25) is 9.59 Å². The number of unbranched alkanes of at least 4 members (excludes halogenated alkanes) is 32. The van der Waals surface area contributed by atoms with Crippen LogP contribution in [0.1, 0.15) is 258 Å². The summed E-state index contributed by atoms with van der Waals surface area (Å²) < 4.78 is 0. The number of hydrogen-bond acceptors (Lipinski definition) is 2. The van der Waals surface area contributed by atoms with Gasteiger partial charge in [0.1, 0.15) is 0 Å². The van der Waals surface area contributed by atoms with Gasteiger partial charge in [0.2, 0.25) is 11.8 Å². The molecule has 0 radical (unpaired) electrons. The van der Waals surface area contributed by atoms with Gasteiger partial charge in [-0.1, -0.05) is 205 Å². The molecule has 0 saturated heterocycles. The molecule has 302 valence electrons. The first kappa shape index (κ1) is 50.1. The Bertz CT molecular complexity index is 804. The fourth-order valence-electron chi connectivity index (χ4n) is 6.84. The largest absolute Gasteiger partial charge is 0.356 e. The predicted octanol–water partition coefficient (Wildman–Crippen LogP) is 14.1. The van der Waals surface area contributed by atoms with E-state index < -0.39 is 0 Å². The average molecular weight is 725 g/mol. The summed E-state index contributed by atoms with van der Waals surface area (Å²) in [7, 11) is 0. The van der Waals surface area contributed by atoms with Crippen LogP contribution in [0.25, 0.3) is 0 Å². The molecule has 4 nitrogen and oxygen atoms in total. The molecule has 0 spiro atoms. The summed E-state index contributed by atoms with van der Waals surface area (Å²) in [5.74, 6) is 12.7. The van der Waals surface area contributed by atoms with Crippen molar-refractivity contribution >= 4 is 11.8 Å². The summed E-state index contributed by atoms with van der Waals surface area (Å²) in [5.41, 5.74) is 0. The molecule has 0 fully saturated rings. The van der Waals surface area contributed by atoms with Gasteiger partial charge in [-0.05, 0) is 50.4 Å². The van der Waals surface area contributed by atoms with E-state index in [0.717, 1.165) is 77.3 Å². The normalized spacial score (nSPS) is 10.7. The van der Waals surface area contributed by atoms with Crippen molar-refractivity contribution in [3.63, 3.8) is 0 Å². The maximum Gasteiger partial charge on any atom is 0.219 e. The number of hydrogen-bond donors (Lipinski definition) is 2. The van der Waals surface area contributed by atoms with Crippen molar-refractivity contribution in [2.45, 2.75) is 258 Å². The van der Waals surface area contributed by atoms with Crippen LogP contribution in [0.4, 0.5) is 0 Å². The van der Waals surface area contributed by atoms with Crippen LogP contribution in [0.5, 0.6) is 0 Å². The van der Waals surface area contributed by atoms with Crippen molar-refractivity contribution in [2.75, 3.05) is 13.1 Å². The van der Waals surface area contributed by atoms with Crippen molar-refractivity contribution in [2.24, 2.45) is 0 Å². The molecule has 2 amide bonds. The minimum Gasteiger partial charge on any atom is -0.356 e. The Labute approximate surface area is 325 Å². The van der Waals surface area contributed by atoms with E-state index in [-0.39, 0.29) is 11.8 Å². The van der Waals surface area contributed by atoms with Gasteiger partial charge in [-0.15, -0.1) is 0 Å². The first-order valence-corrected chi connectivity index (χ1v) is 23.2. The highest BCUT2D eigenvalue weighted by molar-refractivity contribution is 5.76. The summed E-state index contributed by atoms with van der Waals surface area (Å²) in [5, 5.41) is 6.19. The van der Waals surface area contributed by atoms with Gasteiger partial charge in [0, 0.05) is 38.8 Å². The second-order valence-electron chi connectivity index (χ2n) is 15.6. The highest BCUT2D eigenvalue weighted by Gasteiger charge is 2.02. The van der Waals surface area contributed by atoms with E-state index in [1.807, 2.05) is 0 Å². The van der Waals surface area contributed by atoms with Crippen molar-refractivity contribution in [3.8, 4) is 23.7 Å². The number of rotatable bonds is 40. The third kappa shape index (κ3) is 44.2. The van der Waals surface area contributed by atoms with E-state index in [9.17, 15) is 9.59 Å². The molecule has 0 rings (SSSR count). The molecule has 0 bridgehead atoms. The van der Waals surface area contributed by atoms with Gasteiger partial charge in [0.15, 0.2) is 0 Å². The molecule has 0 heterocycles. The van der Waals surface area contributed by atoms with Crippen molar-refractivity contribution < 1.29 is 9.59 Å². The van der Waals surface area contributed by atoms with Crippen LogP contribution in [-0.2, 0) is 9.59 Å². The second kappa shape index (κ2) is 45.2. The lowest BCUT2D eigenvalue weighted by atomic mass is 10.0. The third-order valence-corrected chi connectivity index (χ3v) is 10.4. The molecule has 0 aromatic heterocycles. The number of carbonyl (C=O) groups is 2. The van der Waals surface area contributed by atoms with Crippen LogP contribution in [-0.4, -0.2) is 24.9 Å². The zero-order valence-corrected chi connectivity index (χ0v) is 35.1. The molecule has 4 heteroatoms. The van der Waals surface area contributed by atoms with Crippen LogP contribution in [0.15, 0.2) is 0 Å². The smallest absolute Gasteiger partial charge is 0.219 e. The lowest BCUT2D eigenvalue weighted by molar-refractivity contribution is -0.122. The number of nitrogens with one attached hydrogen (secondary N) is 2. The maximum atomic E-state index is 12.1. The average Bonchev–Trinajstić information content (AvgIpc) is 3.14. The lowest BCUT2D eigenvalue weighted by Gasteiger charge is -2.05. The second-order valence-corrected chi connectivity index (χ2v) is 15.6. The number of amides is 2. The zero-order valence-electron chi connectivity index (χ0n) is 35.1. The Hall–Kier alpha value is -1.94. The SMILES string of the molecule is CCCCCCCCCCCCCCCCNC(=O)CCCCCC#CC#CCCCCCC(=O)NCCCCCCCCCCCCCCCC. The van der Waals surface area contributed by atoms with E-state index in [1.165, 1.54) is 167 Å². The first-order chi connectivity index (χ1) is 25.7. The Balaban J connectivity index is 3.36. The van der Waals surface area contributed by atoms with Crippen LogP contribution < -0.4 is 10.6 Å². The molecular weight excluding hydrogens is 637 g/mol. The molecule has 0 aromatic carbocycles. The van der Waals surface area contributed by atoms with E-state index in [1.54, 1.807) is 0 Å². The fraction of sp³-hybridized carbons (Fsp3) is 0.875. The van der Waals surface area contributed by atoms with Crippen LogP contribution in [0.2, 0.25) is 0 Å². The Morgan fingerprint density at radius 2 is 0.577 bits per heavy atom. The summed E-state index contributed by atoms with van der Waals surface area (Å²) >= 11 is 0. The minimum absolute atomic E-state index is 0.201. The van der Waals surface area contributed by atoms with E-state index in [2.05, 4.69) is 48.2 Å². The minimum atomic E-state index is 0.201. The van der Waals surface area contributed by atoms with Crippen LogP contribution in [0, 0.1) is 23.7 Å². The molecule has 0 atom stereocenters. The summed E-state index contributed by atoms with van der Waals surface area (Å²) in [6.45, 7) is 6.22. The van der Waals surface area contributed by atoms with Crippen LogP contribution >= 0.6 is 0 Å². The molecule has 0 unspecified atom stereocenters. The predicted molar refractivity (Wildman–Crippen MR) is 228 cm³/mol. The Kier molecular flexibility index (Phi) is 43.5. The molecular formula is C48H88N2O2. The van der Waals surface area contributed by atoms with Gasteiger partial charge in [0.05, 0.1) is 0 Å². The molecule has 0 aliphatic rings. The van der Waals surface area contributed by atoms with Crippen molar-refractivity contribution in [1.82, 2.24) is 10.6 Å². The fourth-order valence-corrected chi connectivity index (χ4v) is 6.84. The molecule has 0 aromatic rings. The Morgan fingerprint density at radius 1 is 0.327 bits per heavy atom. The van der Waals surface area contributed by atoms with Crippen molar-refractivity contribution in [1.29, 1.82) is 0 Å². The topological polar surface area (TPSA) is 58.2 Å². The molecule has 0 aliphatic heterocycles. The van der Waals surface area contributed by atoms with Gasteiger partial charge in [-0.2, -0.15) is 0 Å². The number of carbonyl (C=O) groups excluding carboxylic acids is 2. The van der Waals surface area contributed by atoms with Gasteiger partial charge in [-0.25, -0.2) is 0 Å². The molecule has 2 N–H and O–H groups in total. The van der Waals surface area contributed by atoms with E-state index in [0.29, 0.717) is 12.8 Å². The molecule has 0 saturated carbocycles. The van der Waals surface area contributed by atoms with Crippen molar-refractivity contribution in [3.05, 3.63) is 0 Å². The summed E-state index contributed by atoms with van der Waals surface area (Å²) in [6.07, 6.45) is 47.1. The molecule has 52 heavy (non-hydrogen) atoms. The highest BCUT2D eigenvalue weighted by Crippen LogP contribution is 2.14. The maximum absolute atomic E-state index is 12.1. The third-order valence-electron chi connectivity index (χ3n) is 10.4. The monoisotopic (exact) mass is 725 g/mol. The summed E-state index contributed by atoms with van der Waals surface area (Å²) in [6, 6.07) is 0. The molecule has 0 aliphatic carbocycles. The Morgan fingerprint density at radius 3 is 0.865 bits per heavy atom. The first-order valence-electron chi connectivity index (χ1n) is 23.2. The van der Waals surface area contributed by atoms with E-state index in [4.69, 9.17) is 0 Å². The zero-order chi connectivity index (χ0) is 37.7. The van der Waals surface area contributed by atoms with Gasteiger partial charge < -0.3 is 10.6 Å². The van der Waals surface area contributed by atoms with Gasteiger partial charge >= 0.3 is 0 Å². The quantitative estimate of drug-likeness (QED) is 0.0488. The standard InChI is InChI=1S/C48H88N2O2/c1-3-5-7-9-11-13-15-17-21-25-29-33-37-41-45-49-47(51)43-39-35-31-27-23-19-20-24-28-32-36-40-44-48(52)50-46-42-38-34-30-26-22-18-16-14-12-10-8-6-4-2/h3-18,21-22,25-46H2,1-2H3,(H,49,51)(H,50,52). The van der Waals surface area contributed by atoms with Gasteiger partial charge in [0.25, 0.3) is 0 Å². The van der Waals surface area contributed by atoms with E-state index >= 15 is 0 Å².